The van der Waals surface area contributed by atoms with Gasteiger partial charge in [0.25, 0.3) is 0 Å². The fraction of sp³-hybridized carbons (Fsp3) is 0.303. The van der Waals surface area contributed by atoms with Crippen molar-refractivity contribution in [1.82, 2.24) is 10.3 Å². The van der Waals surface area contributed by atoms with Gasteiger partial charge in [0.15, 0.2) is 0 Å². The van der Waals surface area contributed by atoms with Crippen LogP contribution < -0.4 is 10.1 Å². The number of carboxylic acids is 1. The van der Waals surface area contributed by atoms with Gasteiger partial charge < -0.3 is 19.6 Å². The maximum atomic E-state index is 12.4. The zero-order valence-corrected chi connectivity index (χ0v) is 23.9. The van der Waals surface area contributed by atoms with Crippen LogP contribution in [0.5, 0.6) is 5.75 Å². The summed E-state index contributed by atoms with van der Waals surface area (Å²) in [4.78, 5) is 28.2. The lowest BCUT2D eigenvalue weighted by molar-refractivity contribution is -0.137. The van der Waals surface area contributed by atoms with Gasteiger partial charge in [-0.15, -0.1) is 12.4 Å². The number of nitrogens with one attached hydrogen (secondary N) is 1. The number of amides is 1. The van der Waals surface area contributed by atoms with Crippen molar-refractivity contribution in [2.75, 3.05) is 6.61 Å². The molecular formula is C33H35ClN2O5. The summed E-state index contributed by atoms with van der Waals surface area (Å²) in [6.45, 7) is 2.67. The van der Waals surface area contributed by atoms with Gasteiger partial charge in [-0.3, -0.25) is 9.59 Å². The number of nitrogens with zero attached hydrogens (tertiary/aromatic N) is 1. The van der Waals surface area contributed by atoms with Gasteiger partial charge in [0.1, 0.15) is 11.5 Å². The van der Waals surface area contributed by atoms with E-state index in [2.05, 4.69) is 29.6 Å². The number of carboxylic acid groups (broad SMARTS) is 1. The van der Waals surface area contributed by atoms with Gasteiger partial charge in [-0.2, -0.15) is 0 Å². The molecule has 1 saturated carbocycles. The minimum absolute atomic E-state index is 0. The maximum Gasteiger partial charge on any atom is 0.303 e. The van der Waals surface area contributed by atoms with E-state index in [0.29, 0.717) is 37.6 Å². The normalized spacial score (nSPS) is 12.7. The molecule has 1 aliphatic carbocycles. The first-order chi connectivity index (χ1) is 19.5. The van der Waals surface area contributed by atoms with Crippen LogP contribution in [0.1, 0.15) is 48.3 Å². The second-order valence-electron chi connectivity index (χ2n) is 10.2. The average molecular weight is 575 g/mol. The van der Waals surface area contributed by atoms with E-state index in [9.17, 15) is 9.59 Å². The number of aryl methyl sites for hydroxylation is 2. The molecule has 1 aromatic heterocycles. The molecule has 4 aromatic rings. The van der Waals surface area contributed by atoms with E-state index >= 15 is 0 Å². The number of hydrogen-bond donors (Lipinski definition) is 2. The molecule has 0 bridgehead atoms. The summed E-state index contributed by atoms with van der Waals surface area (Å²) in [7, 11) is 0. The SMILES string of the molecule is Cc1oc(-c2ccc(-c3ccccc3)cc2)nc1CCOc1ccc(CCC(=O)O)c(CNC(=O)C2CCC2)c1.Cl. The number of carbonyl (C=O) groups is 2. The van der Waals surface area contributed by atoms with Crippen LogP contribution in [-0.4, -0.2) is 28.6 Å². The number of aliphatic carboxylic acids is 1. The van der Waals surface area contributed by atoms with Crippen molar-refractivity contribution in [3.63, 3.8) is 0 Å². The van der Waals surface area contributed by atoms with Crippen molar-refractivity contribution in [2.24, 2.45) is 5.92 Å². The Hall–Kier alpha value is -4.10. The van der Waals surface area contributed by atoms with Crippen LogP contribution in [0, 0.1) is 12.8 Å². The van der Waals surface area contributed by atoms with Crippen molar-refractivity contribution in [3.05, 3.63) is 95.4 Å². The van der Waals surface area contributed by atoms with Crippen molar-refractivity contribution < 1.29 is 23.8 Å². The van der Waals surface area contributed by atoms with Crippen molar-refractivity contribution >= 4 is 24.3 Å². The monoisotopic (exact) mass is 574 g/mol. The molecule has 0 radical (unpaired) electrons. The summed E-state index contributed by atoms with van der Waals surface area (Å²) in [6, 6.07) is 24.0. The van der Waals surface area contributed by atoms with Crippen LogP contribution in [0.4, 0.5) is 0 Å². The van der Waals surface area contributed by atoms with E-state index in [1.807, 2.05) is 55.5 Å². The Bertz CT molecular complexity index is 1460. The zero-order valence-electron chi connectivity index (χ0n) is 23.1. The number of carbonyl (C=O) groups excluding carboxylic acids is 1. The largest absolute Gasteiger partial charge is 0.493 e. The molecule has 0 aliphatic heterocycles. The Kier molecular flexibility index (Phi) is 10.2. The fourth-order valence-corrected chi connectivity index (χ4v) is 4.82. The molecule has 8 heteroatoms. The first-order valence-electron chi connectivity index (χ1n) is 13.8. The summed E-state index contributed by atoms with van der Waals surface area (Å²) in [6.07, 6.45) is 3.97. The van der Waals surface area contributed by atoms with E-state index < -0.39 is 5.97 Å². The Morgan fingerprint density at radius 1 is 0.951 bits per heavy atom. The quantitative estimate of drug-likeness (QED) is 0.193. The van der Waals surface area contributed by atoms with Crippen molar-refractivity contribution in [3.8, 4) is 28.3 Å². The zero-order chi connectivity index (χ0) is 27.9. The van der Waals surface area contributed by atoms with Gasteiger partial charge in [-0.1, -0.05) is 55.0 Å². The number of ether oxygens (including phenoxy) is 1. The number of rotatable bonds is 12. The highest BCUT2D eigenvalue weighted by Crippen LogP contribution is 2.28. The van der Waals surface area contributed by atoms with E-state index in [-0.39, 0.29) is 30.7 Å². The third-order valence-corrected chi connectivity index (χ3v) is 7.45. The second-order valence-corrected chi connectivity index (χ2v) is 10.2. The first kappa shape index (κ1) is 29.9. The van der Waals surface area contributed by atoms with Crippen LogP contribution in [0.3, 0.4) is 0 Å². The van der Waals surface area contributed by atoms with E-state index in [1.165, 1.54) is 0 Å². The molecule has 5 rings (SSSR count). The highest BCUT2D eigenvalue weighted by atomic mass is 35.5. The summed E-state index contributed by atoms with van der Waals surface area (Å²) in [5.41, 5.74) is 5.84. The molecule has 1 amide bonds. The lowest BCUT2D eigenvalue weighted by Crippen LogP contribution is -2.34. The molecule has 0 spiro atoms. The Balaban J connectivity index is 0.00000387. The van der Waals surface area contributed by atoms with Crippen molar-refractivity contribution in [2.45, 2.75) is 52.0 Å². The Morgan fingerprint density at radius 2 is 1.66 bits per heavy atom. The van der Waals surface area contributed by atoms with Crippen LogP contribution >= 0.6 is 12.4 Å². The third-order valence-electron chi connectivity index (χ3n) is 7.45. The van der Waals surface area contributed by atoms with Gasteiger partial charge in [-0.25, -0.2) is 4.98 Å². The predicted molar refractivity (Wildman–Crippen MR) is 160 cm³/mol. The van der Waals surface area contributed by atoms with Crippen LogP contribution in [0.25, 0.3) is 22.6 Å². The fourth-order valence-electron chi connectivity index (χ4n) is 4.82. The molecule has 7 nitrogen and oxygen atoms in total. The summed E-state index contributed by atoms with van der Waals surface area (Å²) in [5.74, 6) is 1.32. The maximum absolute atomic E-state index is 12.4. The minimum atomic E-state index is -0.848. The van der Waals surface area contributed by atoms with Crippen molar-refractivity contribution in [1.29, 1.82) is 0 Å². The molecular weight excluding hydrogens is 540 g/mol. The van der Waals surface area contributed by atoms with Crippen LogP contribution in [0.2, 0.25) is 0 Å². The first-order valence-corrected chi connectivity index (χ1v) is 13.8. The third kappa shape index (κ3) is 7.76. The van der Waals surface area contributed by atoms with Gasteiger partial charge in [-0.05, 0) is 72.7 Å². The predicted octanol–water partition coefficient (Wildman–Crippen LogP) is 6.79. The van der Waals surface area contributed by atoms with Crippen LogP contribution in [-0.2, 0) is 29.0 Å². The molecule has 0 saturated heterocycles. The molecule has 3 aromatic carbocycles. The summed E-state index contributed by atoms with van der Waals surface area (Å²) in [5, 5.41) is 12.1. The smallest absolute Gasteiger partial charge is 0.303 e. The van der Waals surface area contributed by atoms with Gasteiger partial charge in [0.05, 0.1) is 12.3 Å². The minimum Gasteiger partial charge on any atom is -0.493 e. The number of hydrogen-bond acceptors (Lipinski definition) is 5. The van der Waals surface area contributed by atoms with E-state index in [4.69, 9.17) is 19.2 Å². The van der Waals surface area contributed by atoms with Gasteiger partial charge >= 0.3 is 5.97 Å². The Labute approximate surface area is 246 Å². The number of aromatic nitrogens is 1. The molecule has 2 N–H and O–H groups in total. The summed E-state index contributed by atoms with van der Waals surface area (Å²) < 4.78 is 12.0. The molecule has 214 valence electrons. The van der Waals surface area contributed by atoms with Gasteiger partial charge in [0, 0.05) is 30.9 Å². The lowest BCUT2D eigenvalue weighted by atomic mass is 9.85. The number of oxazole rings is 1. The summed E-state index contributed by atoms with van der Waals surface area (Å²) >= 11 is 0. The standard InChI is InChI=1S/C33H34N2O5.ClH/c1-22-30(35-33(40-22)27-12-10-24(11-13-27)23-6-3-2-4-7-23)18-19-39-29-16-14-25(15-17-31(36)37)28(20-29)21-34-32(38)26-8-5-9-26;/h2-4,6-7,10-14,16,20,26H,5,8-9,15,17-19,21H2,1H3,(H,34,38)(H,36,37);1H. The number of halogens is 1. The highest BCUT2D eigenvalue weighted by molar-refractivity contribution is 5.85. The van der Waals surface area contributed by atoms with Crippen LogP contribution in [0.15, 0.2) is 77.2 Å². The van der Waals surface area contributed by atoms with E-state index in [1.54, 1.807) is 0 Å². The molecule has 1 fully saturated rings. The number of benzene rings is 3. The second kappa shape index (κ2) is 14.0. The lowest BCUT2D eigenvalue weighted by Gasteiger charge is -2.24. The molecule has 1 aliphatic rings. The highest BCUT2D eigenvalue weighted by Gasteiger charge is 2.25. The van der Waals surface area contributed by atoms with E-state index in [0.717, 1.165) is 58.5 Å². The molecule has 1 heterocycles. The Morgan fingerprint density at radius 3 is 2.34 bits per heavy atom. The topological polar surface area (TPSA) is 102 Å². The molecule has 0 atom stereocenters. The van der Waals surface area contributed by atoms with Gasteiger partial charge in [0.2, 0.25) is 11.8 Å². The molecule has 41 heavy (non-hydrogen) atoms. The average Bonchev–Trinajstić information content (AvgIpc) is 3.31. The molecule has 0 unspecified atom stereocenters.